The molecule has 19 heavy (non-hydrogen) atoms. The second kappa shape index (κ2) is 7.09. The van der Waals surface area contributed by atoms with Crippen molar-refractivity contribution in [2.24, 2.45) is 5.92 Å². The number of anilines is 1. The van der Waals surface area contributed by atoms with Crippen LogP contribution in [0, 0.1) is 5.92 Å². The predicted octanol–water partition coefficient (Wildman–Crippen LogP) is 2.61. The Morgan fingerprint density at radius 2 is 2.05 bits per heavy atom. The molecule has 2 N–H and O–H groups in total. The molecule has 7 heteroatoms. The molecule has 0 bridgehead atoms. The molecule has 0 atom stereocenters. The fourth-order valence-electron chi connectivity index (χ4n) is 1.21. The number of carbonyl (C=O) groups excluding carboxylic acids is 1. The minimum Gasteiger partial charge on any atom is -0.360 e. The third kappa shape index (κ3) is 7.37. The summed E-state index contributed by atoms with van der Waals surface area (Å²) in [7, 11) is 0. The van der Waals surface area contributed by atoms with Crippen LogP contribution in [0.2, 0.25) is 0 Å². The lowest BCUT2D eigenvalue weighted by molar-refractivity contribution is -0.119. The molecule has 1 amide bonds. The summed E-state index contributed by atoms with van der Waals surface area (Å²) >= 11 is 2.90. The Balaban J connectivity index is 2.36. The third-order valence-corrected chi connectivity index (χ3v) is 3.92. The molecular formula is C12H22N4OS2. The van der Waals surface area contributed by atoms with Crippen LogP contribution in [0.1, 0.15) is 34.6 Å². The lowest BCUT2D eigenvalue weighted by Crippen LogP contribution is -2.41. The summed E-state index contributed by atoms with van der Waals surface area (Å²) in [4.78, 5) is 11.7. The van der Waals surface area contributed by atoms with Crippen LogP contribution in [0.3, 0.4) is 0 Å². The molecule has 0 fully saturated rings. The Labute approximate surface area is 123 Å². The van der Waals surface area contributed by atoms with Gasteiger partial charge in [-0.1, -0.05) is 36.9 Å². The molecule has 0 aliphatic heterocycles. The minimum atomic E-state index is -0.192. The smallest absolute Gasteiger partial charge is 0.230 e. The zero-order valence-corrected chi connectivity index (χ0v) is 13.7. The number of hydrogen-bond acceptors (Lipinski definition) is 6. The Morgan fingerprint density at radius 3 is 2.63 bits per heavy atom. The number of nitrogens with zero attached hydrogens (tertiary/aromatic N) is 2. The normalized spacial score (nSPS) is 11.7. The molecule has 0 spiro atoms. The molecule has 0 unspecified atom stereocenters. The van der Waals surface area contributed by atoms with E-state index in [1.807, 2.05) is 20.8 Å². The van der Waals surface area contributed by atoms with E-state index in [4.69, 9.17) is 0 Å². The summed E-state index contributed by atoms with van der Waals surface area (Å²) in [5.41, 5.74) is -0.192. The third-order valence-electron chi connectivity index (χ3n) is 1.91. The summed E-state index contributed by atoms with van der Waals surface area (Å²) in [6, 6.07) is 0. The maximum absolute atomic E-state index is 11.7. The van der Waals surface area contributed by atoms with E-state index in [9.17, 15) is 4.79 Å². The molecule has 108 valence electrons. The number of hydrogen-bond donors (Lipinski definition) is 2. The number of thioether (sulfide) groups is 1. The zero-order chi connectivity index (χ0) is 14.5. The minimum absolute atomic E-state index is 0.0180. The van der Waals surface area contributed by atoms with Crippen LogP contribution in [0.15, 0.2) is 4.34 Å². The van der Waals surface area contributed by atoms with Gasteiger partial charge in [0.1, 0.15) is 0 Å². The van der Waals surface area contributed by atoms with E-state index < -0.39 is 0 Å². The van der Waals surface area contributed by atoms with Crippen LogP contribution in [0.5, 0.6) is 0 Å². The number of aromatic nitrogens is 2. The van der Waals surface area contributed by atoms with E-state index in [1.165, 1.54) is 23.1 Å². The monoisotopic (exact) mass is 302 g/mol. The molecule has 5 nitrogen and oxygen atoms in total. The van der Waals surface area contributed by atoms with Gasteiger partial charge in [-0.3, -0.25) is 4.79 Å². The zero-order valence-electron chi connectivity index (χ0n) is 12.1. The molecule has 1 heterocycles. The number of nitrogens with one attached hydrogen (secondary N) is 2. The van der Waals surface area contributed by atoms with Crippen molar-refractivity contribution in [3.63, 3.8) is 0 Å². The van der Waals surface area contributed by atoms with E-state index in [1.54, 1.807) is 0 Å². The van der Waals surface area contributed by atoms with E-state index in [0.29, 0.717) is 11.7 Å². The van der Waals surface area contributed by atoms with Gasteiger partial charge in [-0.25, -0.2) is 0 Å². The maximum Gasteiger partial charge on any atom is 0.230 e. The molecule has 0 aliphatic rings. The lowest BCUT2D eigenvalue weighted by atomic mass is 10.1. The Hall–Kier alpha value is -0.820. The molecule has 0 aromatic carbocycles. The number of carbonyl (C=O) groups is 1. The van der Waals surface area contributed by atoms with Gasteiger partial charge in [0, 0.05) is 12.1 Å². The average Bonchev–Trinajstić information content (AvgIpc) is 2.69. The van der Waals surface area contributed by atoms with Gasteiger partial charge in [0.2, 0.25) is 11.0 Å². The molecule has 0 saturated heterocycles. The van der Waals surface area contributed by atoms with Crippen molar-refractivity contribution in [2.45, 2.75) is 44.5 Å². The molecule has 1 rings (SSSR count). The van der Waals surface area contributed by atoms with E-state index in [-0.39, 0.29) is 11.4 Å². The summed E-state index contributed by atoms with van der Waals surface area (Å²) in [6.07, 6.45) is 0. The number of rotatable bonds is 6. The van der Waals surface area contributed by atoms with Crippen molar-refractivity contribution in [2.75, 3.05) is 17.6 Å². The predicted molar refractivity (Wildman–Crippen MR) is 81.9 cm³/mol. The van der Waals surface area contributed by atoms with Crippen molar-refractivity contribution in [3.05, 3.63) is 0 Å². The molecule has 0 radical (unpaired) electrons. The average molecular weight is 302 g/mol. The fraction of sp³-hybridized carbons (Fsp3) is 0.750. The van der Waals surface area contributed by atoms with Gasteiger partial charge in [-0.05, 0) is 26.7 Å². The topological polar surface area (TPSA) is 66.9 Å². The molecule has 0 saturated carbocycles. The van der Waals surface area contributed by atoms with E-state index in [0.717, 1.165) is 16.0 Å². The van der Waals surface area contributed by atoms with Crippen LogP contribution >= 0.6 is 23.1 Å². The Bertz CT molecular complexity index is 412. The van der Waals surface area contributed by atoms with Gasteiger partial charge >= 0.3 is 0 Å². The van der Waals surface area contributed by atoms with Gasteiger partial charge in [0.05, 0.1) is 5.75 Å². The first-order valence-corrected chi connectivity index (χ1v) is 8.07. The highest BCUT2D eigenvalue weighted by atomic mass is 32.2. The lowest BCUT2D eigenvalue weighted by Gasteiger charge is -2.19. The SMILES string of the molecule is CC(C)CNc1nnc(SCC(=O)NC(C)(C)C)s1. The highest BCUT2D eigenvalue weighted by molar-refractivity contribution is 8.01. The summed E-state index contributed by atoms with van der Waals surface area (Å²) in [6.45, 7) is 11.1. The van der Waals surface area contributed by atoms with Crippen molar-refractivity contribution < 1.29 is 4.79 Å². The van der Waals surface area contributed by atoms with Gasteiger partial charge in [-0.15, -0.1) is 10.2 Å². The van der Waals surface area contributed by atoms with Crippen molar-refractivity contribution >= 4 is 34.1 Å². The van der Waals surface area contributed by atoms with Crippen molar-refractivity contribution in [1.82, 2.24) is 15.5 Å². The first-order chi connectivity index (χ1) is 8.76. The van der Waals surface area contributed by atoms with Crippen LogP contribution < -0.4 is 10.6 Å². The molecular weight excluding hydrogens is 280 g/mol. The quantitative estimate of drug-likeness (QED) is 0.791. The first kappa shape index (κ1) is 16.2. The van der Waals surface area contributed by atoms with Crippen LogP contribution in [0.25, 0.3) is 0 Å². The second-order valence-corrected chi connectivity index (χ2v) is 7.93. The van der Waals surface area contributed by atoms with Crippen LogP contribution in [-0.2, 0) is 4.79 Å². The highest BCUT2D eigenvalue weighted by Gasteiger charge is 2.14. The highest BCUT2D eigenvalue weighted by Crippen LogP contribution is 2.25. The molecule has 0 aliphatic carbocycles. The standard InChI is InChI=1S/C12H22N4OS2/c1-8(2)6-13-10-15-16-11(19-10)18-7-9(17)14-12(3,4)5/h8H,6-7H2,1-5H3,(H,13,15)(H,14,17). The van der Waals surface area contributed by atoms with Gasteiger partial charge in [0.15, 0.2) is 4.34 Å². The van der Waals surface area contributed by atoms with E-state index >= 15 is 0 Å². The second-order valence-electron chi connectivity index (χ2n) is 5.73. The summed E-state index contributed by atoms with van der Waals surface area (Å²) in [5.74, 6) is 0.956. The Kier molecular flexibility index (Phi) is 6.06. The molecule has 1 aromatic rings. The Morgan fingerprint density at radius 1 is 1.37 bits per heavy atom. The van der Waals surface area contributed by atoms with Gasteiger partial charge in [0.25, 0.3) is 0 Å². The fourth-order valence-corrected chi connectivity index (χ4v) is 2.77. The van der Waals surface area contributed by atoms with Crippen molar-refractivity contribution in [1.29, 1.82) is 0 Å². The molecule has 1 aromatic heterocycles. The van der Waals surface area contributed by atoms with Crippen molar-refractivity contribution in [3.8, 4) is 0 Å². The largest absolute Gasteiger partial charge is 0.360 e. The van der Waals surface area contributed by atoms with E-state index in [2.05, 4.69) is 34.7 Å². The van der Waals surface area contributed by atoms with Gasteiger partial charge in [-0.2, -0.15) is 0 Å². The van der Waals surface area contributed by atoms with Crippen LogP contribution in [-0.4, -0.2) is 33.9 Å². The van der Waals surface area contributed by atoms with Crippen LogP contribution in [0.4, 0.5) is 5.13 Å². The first-order valence-electron chi connectivity index (χ1n) is 6.27. The maximum atomic E-state index is 11.7. The summed E-state index contributed by atoms with van der Waals surface area (Å²) < 4.78 is 0.815. The number of amides is 1. The van der Waals surface area contributed by atoms with Gasteiger partial charge < -0.3 is 10.6 Å². The summed E-state index contributed by atoms with van der Waals surface area (Å²) in [5, 5.41) is 15.0.